The summed E-state index contributed by atoms with van der Waals surface area (Å²) >= 11 is 0. The molecular formula is C15H31NO2. The Balaban J connectivity index is 3.42. The standard InChI is InChI=1S/C15H31NO2/c1-14(2,3)10-8-7-9-11-18-13(17)16-12-15(4,5)6/h7-12H2,1-6H3,(H,16,17). The minimum absolute atomic E-state index is 0.103. The number of alkyl carbamates (subject to hydrolysis) is 1. The Morgan fingerprint density at radius 2 is 1.56 bits per heavy atom. The molecule has 0 aromatic heterocycles. The molecule has 0 aromatic carbocycles. The Kier molecular flexibility index (Phi) is 7.34. The minimum Gasteiger partial charge on any atom is -0.450 e. The average molecular weight is 257 g/mol. The zero-order chi connectivity index (χ0) is 14.2. The fourth-order valence-corrected chi connectivity index (χ4v) is 1.49. The number of carbonyl (C=O) groups is 1. The molecule has 3 nitrogen and oxygen atoms in total. The van der Waals surface area contributed by atoms with Crippen LogP contribution in [0.5, 0.6) is 0 Å². The Labute approximate surface area is 113 Å². The first kappa shape index (κ1) is 17.3. The van der Waals surface area contributed by atoms with E-state index in [9.17, 15) is 4.79 Å². The van der Waals surface area contributed by atoms with Crippen molar-refractivity contribution in [2.45, 2.75) is 67.2 Å². The molecule has 0 atom stereocenters. The van der Waals surface area contributed by atoms with Crippen LogP contribution in [0.3, 0.4) is 0 Å². The zero-order valence-corrected chi connectivity index (χ0v) is 13.1. The number of amides is 1. The molecule has 0 unspecified atom stereocenters. The second kappa shape index (κ2) is 7.65. The molecule has 18 heavy (non-hydrogen) atoms. The predicted molar refractivity (Wildman–Crippen MR) is 76.7 cm³/mol. The summed E-state index contributed by atoms with van der Waals surface area (Å²) in [5.41, 5.74) is 0.511. The molecule has 0 aromatic rings. The Morgan fingerprint density at radius 3 is 2.06 bits per heavy atom. The topological polar surface area (TPSA) is 38.3 Å². The van der Waals surface area contributed by atoms with Crippen LogP contribution in [0.4, 0.5) is 4.79 Å². The van der Waals surface area contributed by atoms with E-state index in [1.807, 2.05) is 0 Å². The molecule has 1 N–H and O–H groups in total. The van der Waals surface area contributed by atoms with Crippen LogP contribution in [0.1, 0.15) is 67.2 Å². The van der Waals surface area contributed by atoms with Crippen molar-refractivity contribution in [2.24, 2.45) is 10.8 Å². The molecular weight excluding hydrogens is 226 g/mol. The highest BCUT2D eigenvalue weighted by molar-refractivity contribution is 5.67. The highest BCUT2D eigenvalue weighted by Crippen LogP contribution is 2.21. The van der Waals surface area contributed by atoms with E-state index in [4.69, 9.17) is 4.74 Å². The molecule has 0 fully saturated rings. The summed E-state index contributed by atoms with van der Waals surface area (Å²) in [6, 6.07) is 0. The second-order valence-electron chi connectivity index (χ2n) is 7.42. The molecule has 108 valence electrons. The molecule has 0 heterocycles. The van der Waals surface area contributed by atoms with Crippen LogP contribution in [0.25, 0.3) is 0 Å². The molecule has 0 spiro atoms. The largest absolute Gasteiger partial charge is 0.450 e. The highest BCUT2D eigenvalue weighted by Gasteiger charge is 2.12. The van der Waals surface area contributed by atoms with Gasteiger partial charge in [0, 0.05) is 6.54 Å². The van der Waals surface area contributed by atoms with Gasteiger partial charge in [0.2, 0.25) is 0 Å². The van der Waals surface area contributed by atoms with Gasteiger partial charge < -0.3 is 10.1 Å². The van der Waals surface area contributed by atoms with E-state index in [-0.39, 0.29) is 11.5 Å². The Hall–Kier alpha value is -0.730. The zero-order valence-electron chi connectivity index (χ0n) is 13.1. The van der Waals surface area contributed by atoms with E-state index in [2.05, 4.69) is 46.9 Å². The van der Waals surface area contributed by atoms with E-state index in [1.54, 1.807) is 0 Å². The van der Waals surface area contributed by atoms with Crippen molar-refractivity contribution < 1.29 is 9.53 Å². The lowest BCUT2D eigenvalue weighted by molar-refractivity contribution is 0.139. The molecule has 0 bridgehead atoms. The number of ether oxygens (including phenoxy) is 1. The third kappa shape index (κ3) is 13.3. The predicted octanol–water partition coefficient (Wildman–Crippen LogP) is 4.37. The summed E-state index contributed by atoms with van der Waals surface area (Å²) in [6.45, 7) is 14.2. The van der Waals surface area contributed by atoms with E-state index in [0.29, 0.717) is 18.6 Å². The lowest BCUT2D eigenvalue weighted by Crippen LogP contribution is -2.32. The van der Waals surface area contributed by atoms with Gasteiger partial charge in [0.15, 0.2) is 0 Å². The maximum Gasteiger partial charge on any atom is 0.407 e. The first-order chi connectivity index (χ1) is 8.10. The van der Waals surface area contributed by atoms with Crippen molar-refractivity contribution in [3.8, 4) is 0 Å². The van der Waals surface area contributed by atoms with Gasteiger partial charge in [-0.2, -0.15) is 0 Å². The average Bonchev–Trinajstić information content (AvgIpc) is 2.17. The van der Waals surface area contributed by atoms with Gasteiger partial charge in [-0.3, -0.25) is 0 Å². The Bertz CT molecular complexity index is 236. The maximum atomic E-state index is 11.3. The molecule has 0 aliphatic carbocycles. The molecule has 0 aliphatic rings. The van der Waals surface area contributed by atoms with E-state index < -0.39 is 0 Å². The molecule has 3 heteroatoms. The number of hydrogen-bond donors (Lipinski definition) is 1. The third-order valence-electron chi connectivity index (χ3n) is 2.57. The van der Waals surface area contributed by atoms with Gasteiger partial charge in [-0.1, -0.05) is 54.4 Å². The van der Waals surface area contributed by atoms with Crippen molar-refractivity contribution >= 4 is 6.09 Å². The lowest BCUT2D eigenvalue weighted by Gasteiger charge is -2.18. The van der Waals surface area contributed by atoms with Gasteiger partial charge in [0.1, 0.15) is 0 Å². The smallest absolute Gasteiger partial charge is 0.407 e. The van der Waals surface area contributed by atoms with E-state index >= 15 is 0 Å². The Morgan fingerprint density at radius 1 is 0.944 bits per heavy atom. The summed E-state index contributed by atoms with van der Waals surface area (Å²) in [7, 11) is 0. The van der Waals surface area contributed by atoms with Crippen LogP contribution in [-0.2, 0) is 4.74 Å². The summed E-state index contributed by atoms with van der Waals surface area (Å²) < 4.78 is 5.12. The highest BCUT2D eigenvalue weighted by atomic mass is 16.5. The maximum absolute atomic E-state index is 11.3. The number of carbonyl (C=O) groups excluding carboxylic acids is 1. The van der Waals surface area contributed by atoms with Gasteiger partial charge in [-0.15, -0.1) is 0 Å². The molecule has 1 amide bonds. The monoisotopic (exact) mass is 257 g/mol. The van der Waals surface area contributed by atoms with E-state index in [0.717, 1.165) is 12.8 Å². The van der Waals surface area contributed by atoms with Crippen LogP contribution in [0.2, 0.25) is 0 Å². The number of hydrogen-bond acceptors (Lipinski definition) is 2. The normalized spacial score (nSPS) is 12.3. The first-order valence-corrected chi connectivity index (χ1v) is 7.01. The van der Waals surface area contributed by atoms with Crippen molar-refractivity contribution in [1.82, 2.24) is 5.32 Å². The lowest BCUT2D eigenvalue weighted by atomic mass is 9.89. The second-order valence-corrected chi connectivity index (χ2v) is 7.42. The number of nitrogens with one attached hydrogen (secondary N) is 1. The van der Waals surface area contributed by atoms with Crippen molar-refractivity contribution in [1.29, 1.82) is 0 Å². The van der Waals surface area contributed by atoms with Crippen molar-refractivity contribution in [3.05, 3.63) is 0 Å². The number of rotatable bonds is 6. The molecule has 0 aliphatic heterocycles. The van der Waals surface area contributed by atoms with Crippen LogP contribution < -0.4 is 5.32 Å². The minimum atomic E-state index is -0.291. The van der Waals surface area contributed by atoms with Gasteiger partial charge in [0.05, 0.1) is 6.61 Å². The van der Waals surface area contributed by atoms with Crippen LogP contribution in [0, 0.1) is 10.8 Å². The van der Waals surface area contributed by atoms with Gasteiger partial charge in [-0.25, -0.2) is 4.79 Å². The van der Waals surface area contributed by atoms with Gasteiger partial charge in [0.25, 0.3) is 0 Å². The quantitative estimate of drug-likeness (QED) is 0.718. The molecule has 0 saturated heterocycles. The van der Waals surface area contributed by atoms with Gasteiger partial charge >= 0.3 is 6.09 Å². The summed E-state index contributed by atoms with van der Waals surface area (Å²) in [5, 5.41) is 2.78. The van der Waals surface area contributed by atoms with E-state index in [1.165, 1.54) is 12.8 Å². The fourth-order valence-electron chi connectivity index (χ4n) is 1.49. The summed E-state index contributed by atoms with van der Waals surface area (Å²) in [5.74, 6) is 0. The van der Waals surface area contributed by atoms with Crippen LogP contribution in [0.15, 0.2) is 0 Å². The number of unbranched alkanes of at least 4 members (excludes halogenated alkanes) is 2. The van der Waals surface area contributed by atoms with Crippen molar-refractivity contribution in [2.75, 3.05) is 13.2 Å². The summed E-state index contributed by atoms with van der Waals surface area (Å²) in [6.07, 6.45) is 4.23. The SMILES string of the molecule is CC(C)(C)CCCCCOC(=O)NCC(C)(C)C. The van der Waals surface area contributed by atoms with Crippen LogP contribution in [-0.4, -0.2) is 19.2 Å². The molecule has 0 saturated carbocycles. The molecule has 0 radical (unpaired) electrons. The van der Waals surface area contributed by atoms with Gasteiger partial charge in [-0.05, 0) is 23.7 Å². The van der Waals surface area contributed by atoms with Crippen molar-refractivity contribution in [3.63, 3.8) is 0 Å². The third-order valence-corrected chi connectivity index (χ3v) is 2.57. The summed E-state index contributed by atoms with van der Waals surface area (Å²) in [4.78, 5) is 11.3. The fraction of sp³-hybridized carbons (Fsp3) is 0.933. The van der Waals surface area contributed by atoms with Crippen LogP contribution >= 0.6 is 0 Å². The molecule has 0 rings (SSSR count). The first-order valence-electron chi connectivity index (χ1n) is 7.01.